The van der Waals surface area contributed by atoms with Gasteiger partial charge in [-0.1, -0.05) is 0 Å². The van der Waals surface area contributed by atoms with E-state index in [1.54, 1.807) is 0 Å². The first kappa shape index (κ1) is 15.0. The Morgan fingerprint density at radius 3 is 2.32 bits per heavy atom. The third-order valence-corrected chi connectivity index (χ3v) is 2.34. The van der Waals surface area contributed by atoms with Crippen LogP contribution in [-0.4, -0.2) is 23.5 Å². The van der Waals surface area contributed by atoms with E-state index >= 15 is 0 Å². The minimum absolute atomic E-state index is 0.0561. The van der Waals surface area contributed by atoms with Gasteiger partial charge in [0.1, 0.15) is 5.82 Å². The molecule has 0 saturated heterocycles. The van der Waals surface area contributed by atoms with Crippen molar-refractivity contribution in [1.29, 1.82) is 0 Å². The molecule has 0 aromatic heterocycles. The quantitative estimate of drug-likeness (QED) is 0.779. The van der Waals surface area contributed by atoms with Crippen molar-refractivity contribution in [2.75, 3.05) is 6.54 Å². The van der Waals surface area contributed by atoms with Crippen LogP contribution in [0.5, 0.6) is 0 Å². The maximum Gasteiger partial charge on any atom is 0.349 e. The molecule has 0 saturated carbocycles. The highest BCUT2D eigenvalue weighted by Crippen LogP contribution is 2.28. The van der Waals surface area contributed by atoms with Crippen LogP contribution >= 0.6 is 0 Å². The summed E-state index contributed by atoms with van der Waals surface area (Å²) in [6.07, 6.45) is -0.164. The molecule has 0 aliphatic heterocycles. The molecular weight excluding hydrogens is 263 g/mol. The predicted molar refractivity (Wildman–Crippen MR) is 60.2 cm³/mol. The molecule has 0 heterocycles. The molecule has 0 aliphatic carbocycles. The Labute approximate surface area is 107 Å². The molecule has 7 heteroatoms. The van der Waals surface area contributed by atoms with Gasteiger partial charge in [-0.25, -0.2) is 4.39 Å². The third-order valence-electron chi connectivity index (χ3n) is 2.34. The van der Waals surface area contributed by atoms with E-state index in [4.69, 9.17) is 5.11 Å². The average Bonchev–Trinajstić information content (AvgIpc) is 2.34. The SMILES string of the molecule is O=C(O)CCCNC(=O)C(F)(F)c1ccc(F)cc1. The fraction of sp³-hybridized carbons (Fsp3) is 0.333. The van der Waals surface area contributed by atoms with Crippen LogP contribution in [0.1, 0.15) is 18.4 Å². The number of amides is 1. The lowest BCUT2D eigenvalue weighted by Crippen LogP contribution is -2.38. The van der Waals surface area contributed by atoms with E-state index < -0.39 is 29.2 Å². The number of carboxylic acids is 1. The van der Waals surface area contributed by atoms with Gasteiger partial charge in [-0.3, -0.25) is 9.59 Å². The van der Waals surface area contributed by atoms with Gasteiger partial charge in [0.25, 0.3) is 5.91 Å². The lowest BCUT2D eigenvalue weighted by atomic mass is 10.1. The van der Waals surface area contributed by atoms with Crippen LogP contribution < -0.4 is 5.32 Å². The summed E-state index contributed by atoms with van der Waals surface area (Å²) in [5.41, 5.74) is -0.621. The van der Waals surface area contributed by atoms with Crippen molar-refractivity contribution in [1.82, 2.24) is 5.32 Å². The second-order valence-electron chi connectivity index (χ2n) is 3.83. The Hall–Kier alpha value is -2.05. The first-order valence-corrected chi connectivity index (χ1v) is 5.48. The van der Waals surface area contributed by atoms with Crippen LogP contribution in [0.25, 0.3) is 0 Å². The lowest BCUT2D eigenvalue weighted by molar-refractivity contribution is -0.147. The molecule has 0 spiro atoms. The largest absolute Gasteiger partial charge is 0.481 e. The fourth-order valence-corrected chi connectivity index (χ4v) is 1.34. The predicted octanol–water partition coefficient (Wildman–Crippen LogP) is 1.90. The first-order chi connectivity index (χ1) is 8.84. The van der Waals surface area contributed by atoms with E-state index in [9.17, 15) is 22.8 Å². The Balaban J connectivity index is 2.58. The summed E-state index contributed by atoms with van der Waals surface area (Å²) in [4.78, 5) is 21.5. The summed E-state index contributed by atoms with van der Waals surface area (Å²) in [7, 11) is 0. The monoisotopic (exact) mass is 275 g/mol. The second-order valence-corrected chi connectivity index (χ2v) is 3.83. The number of nitrogens with one attached hydrogen (secondary N) is 1. The van der Waals surface area contributed by atoms with Crippen molar-refractivity contribution >= 4 is 11.9 Å². The topological polar surface area (TPSA) is 66.4 Å². The first-order valence-electron chi connectivity index (χ1n) is 5.48. The molecule has 1 amide bonds. The molecule has 19 heavy (non-hydrogen) atoms. The van der Waals surface area contributed by atoms with E-state index in [1.165, 1.54) is 0 Å². The number of aliphatic carboxylic acids is 1. The summed E-state index contributed by atoms with van der Waals surface area (Å²) >= 11 is 0. The van der Waals surface area contributed by atoms with Gasteiger partial charge in [0, 0.05) is 18.5 Å². The molecule has 1 aromatic carbocycles. The van der Waals surface area contributed by atoms with Gasteiger partial charge in [0.05, 0.1) is 0 Å². The fourth-order valence-electron chi connectivity index (χ4n) is 1.34. The molecule has 0 unspecified atom stereocenters. The third kappa shape index (κ3) is 4.27. The highest BCUT2D eigenvalue weighted by molar-refractivity contribution is 5.84. The Morgan fingerprint density at radius 1 is 1.21 bits per heavy atom. The number of hydrogen-bond donors (Lipinski definition) is 2. The zero-order chi connectivity index (χ0) is 14.5. The Kier molecular flexibility index (Phi) is 4.91. The van der Waals surface area contributed by atoms with E-state index in [0.29, 0.717) is 0 Å². The van der Waals surface area contributed by atoms with Gasteiger partial charge in [-0.2, -0.15) is 8.78 Å². The molecular formula is C12H12F3NO3. The molecule has 0 radical (unpaired) electrons. The molecule has 1 aromatic rings. The smallest absolute Gasteiger partial charge is 0.349 e. The number of hydrogen-bond acceptors (Lipinski definition) is 2. The Morgan fingerprint density at radius 2 is 1.79 bits per heavy atom. The molecule has 4 nitrogen and oxygen atoms in total. The van der Waals surface area contributed by atoms with Gasteiger partial charge in [0.15, 0.2) is 0 Å². The molecule has 0 fully saturated rings. The van der Waals surface area contributed by atoms with E-state index in [1.807, 2.05) is 5.32 Å². The van der Waals surface area contributed by atoms with Crippen LogP contribution in [0.3, 0.4) is 0 Å². The molecule has 1 rings (SSSR count). The highest BCUT2D eigenvalue weighted by Gasteiger charge is 2.40. The van der Waals surface area contributed by atoms with Crippen molar-refractivity contribution in [3.63, 3.8) is 0 Å². The van der Waals surface area contributed by atoms with Crippen LogP contribution in [-0.2, 0) is 15.5 Å². The van der Waals surface area contributed by atoms with Crippen molar-refractivity contribution in [3.05, 3.63) is 35.6 Å². The minimum atomic E-state index is -3.78. The lowest BCUT2D eigenvalue weighted by Gasteiger charge is -2.16. The standard InChI is InChI=1S/C12H12F3NO3/c13-9-5-3-8(4-6-9)12(14,15)11(19)16-7-1-2-10(17)18/h3-6H,1-2,7H2,(H,16,19)(H,17,18). The normalized spacial score (nSPS) is 11.1. The van der Waals surface area contributed by atoms with E-state index in [0.717, 1.165) is 24.3 Å². The summed E-state index contributed by atoms with van der Waals surface area (Å²) in [6, 6.07) is 3.32. The van der Waals surface area contributed by atoms with Crippen molar-refractivity contribution < 1.29 is 27.9 Å². The van der Waals surface area contributed by atoms with Gasteiger partial charge < -0.3 is 10.4 Å². The maximum absolute atomic E-state index is 13.6. The summed E-state index contributed by atoms with van der Waals surface area (Å²) in [5, 5.41) is 10.3. The average molecular weight is 275 g/mol. The summed E-state index contributed by atoms with van der Waals surface area (Å²) < 4.78 is 39.8. The van der Waals surface area contributed by atoms with E-state index in [2.05, 4.69) is 0 Å². The van der Waals surface area contributed by atoms with Gasteiger partial charge in [-0.15, -0.1) is 0 Å². The van der Waals surface area contributed by atoms with Crippen LogP contribution in [0, 0.1) is 5.82 Å². The van der Waals surface area contributed by atoms with Gasteiger partial charge in [-0.05, 0) is 30.7 Å². The molecule has 0 bridgehead atoms. The molecule has 104 valence electrons. The Bertz CT molecular complexity index is 460. The van der Waals surface area contributed by atoms with Gasteiger partial charge >= 0.3 is 11.9 Å². The number of benzene rings is 1. The number of carbonyl (C=O) groups excluding carboxylic acids is 1. The second kappa shape index (κ2) is 6.21. The summed E-state index contributed by atoms with van der Waals surface area (Å²) in [6.45, 7) is -0.165. The zero-order valence-electron chi connectivity index (χ0n) is 9.83. The maximum atomic E-state index is 13.6. The number of alkyl halides is 2. The molecule has 0 aliphatic rings. The summed E-state index contributed by atoms with van der Waals surface area (Å²) in [5.74, 6) is -7.07. The number of carbonyl (C=O) groups is 2. The number of carboxylic acid groups (broad SMARTS) is 1. The minimum Gasteiger partial charge on any atom is -0.481 e. The van der Waals surface area contributed by atoms with Crippen molar-refractivity contribution in [2.24, 2.45) is 0 Å². The molecule has 2 N–H and O–H groups in total. The van der Waals surface area contributed by atoms with Gasteiger partial charge in [0.2, 0.25) is 0 Å². The number of halogens is 3. The van der Waals surface area contributed by atoms with Crippen molar-refractivity contribution in [3.8, 4) is 0 Å². The highest BCUT2D eigenvalue weighted by atomic mass is 19.3. The van der Waals surface area contributed by atoms with E-state index in [-0.39, 0.29) is 19.4 Å². The van der Waals surface area contributed by atoms with Crippen LogP contribution in [0.4, 0.5) is 13.2 Å². The van der Waals surface area contributed by atoms with Crippen molar-refractivity contribution in [2.45, 2.75) is 18.8 Å². The van der Waals surface area contributed by atoms with Crippen LogP contribution in [0.15, 0.2) is 24.3 Å². The zero-order valence-corrected chi connectivity index (χ0v) is 9.83. The number of rotatable bonds is 6. The van der Waals surface area contributed by atoms with Crippen LogP contribution in [0.2, 0.25) is 0 Å². The molecule has 0 atom stereocenters.